The number of anilines is 2. The van der Waals surface area contributed by atoms with E-state index in [-0.39, 0.29) is 5.91 Å². The van der Waals surface area contributed by atoms with Crippen LogP contribution in [0.25, 0.3) is 0 Å². The summed E-state index contributed by atoms with van der Waals surface area (Å²) in [5.74, 6) is -0.234. The van der Waals surface area contributed by atoms with Crippen molar-refractivity contribution >= 4 is 40.5 Å². The van der Waals surface area contributed by atoms with Crippen molar-refractivity contribution in [2.75, 3.05) is 25.6 Å². The molecule has 1 heterocycles. The zero-order chi connectivity index (χ0) is 16.7. The van der Waals surface area contributed by atoms with E-state index in [1.165, 1.54) is 0 Å². The molecule has 0 aliphatic heterocycles. The van der Waals surface area contributed by atoms with Gasteiger partial charge < -0.3 is 15.4 Å². The summed E-state index contributed by atoms with van der Waals surface area (Å²) >= 11 is 12.1. The van der Waals surface area contributed by atoms with Crippen LogP contribution in [0.2, 0.25) is 10.0 Å². The Balaban J connectivity index is 2.04. The first-order valence-corrected chi connectivity index (χ1v) is 7.81. The summed E-state index contributed by atoms with van der Waals surface area (Å²) in [4.78, 5) is 16.1. The topological polar surface area (TPSA) is 63.2 Å². The van der Waals surface area contributed by atoms with E-state index in [0.29, 0.717) is 40.3 Å². The van der Waals surface area contributed by atoms with Crippen LogP contribution in [0.5, 0.6) is 0 Å². The number of methoxy groups -OCH3 is 1. The lowest BCUT2D eigenvalue weighted by atomic mass is 10.2. The van der Waals surface area contributed by atoms with Gasteiger partial charge >= 0.3 is 0 Å². The lowest BCUT2D eigenvalue weighted by Gasteiger charge is -2.10. The zero-order valence-corrected chi connectivity index (χ0v) is 14.1. The number of carbonyl (C=O) groups is 1. The fourth-order valence-electron chi connectivity index (χ4n) is 1.89. The highest BCUT2D eigenvalue weighted by atomic mass is 35.5. The Morgan fingerprint density at radius 1 is 1.26 bits per heavy atom. The Morgan fingerprint density at radius 2 is 2.09 bits per heavy atom. The SMILES string of the molecule is COCCCNC(=O)c1cc(Nc2cc(Cl)ccc2Cl)ccn1. The van der Waals surface area contributed by atoms with Gasteiger partial charge in [-0.1, -0.05) is 23.2 Å². The molecule has 0 aliphatic rings. The first-order chi connectivity index (χ1) is 11.1. The van der Waals surface area contributed by atoms with E-state index in [0.717, 1.165) is 6.42 Å². The number of benzene rings is 1. The Morgan fingerprint density at radius 3 is 2.87 bits per heavy atom. The predicted molar refractivity (Wildman–Crippen MR) is 92.8 cm³/mol. The normalized spacial score (nSPS) is 10.4. The molecule has 0 unspecified atom stereocenters. The average Bonchev–Trinajstić information content (AvgIpc) is 2.55. The molecule has 0 saturated carbocycles. The first kappa shape index (κ1) is 17.5. The van der Waals surface area contributed by atoms with Crippen LogP contribution in [0.15, 0.2) is 36.5 Å². The van der Waals surface area contributed by atoms with Gasteiger partial charge in [0.2, 0.25) is 0 Å². The number of carbonyl (C=O) groups excluding carboxylic acids is 1. The summed E-state index contributed by atoms with van der Waals surface area (Å²) in [6, 6.07) is 8.54. The lowest BCUT2D eigenvalue weighted by Crippen LogP contribution is -2.26. The van der Waals surface area contributed by atoms with Crippen molar-refractivity contribution in [3.63, 3.8) is 0 Å². The third kappa shape index (κ3) is 5.39. The third-order valence-electron chi connectivity index (χ3n) is 3.01. The minimum atomic E-state index is -0.234. The van der Waals surface area contributed by atoms with E-state index in [4.69, 9.17) is 27.9 Å². The van der Waals surface area contributed by atoms with Crippen molar-refractivity contribution in [3.8, 4) is 0 Å². The van der Waals surface area contributed by atoms with Crippen LogP contribution in [-0.4, -0.2) is 31.2 Å². The van der Waals surface area contributed by atoms with E-state index in [2.05, 4.69) is 15.6 Å². The highest BCUT2D eigenvalue weighted by molar-refractivity contribution is 6.35. The van der Waals surface area contributed by atoms with Crippen molar-refractivity contribution in [2.24, 2.45) is 0 Å². The molecule has 5 nitrogen and oxygen atoms in total. The maximum absolute atomic E-state index is 12.0. The standard InChI is InChI=1S/C16H17Cl2N3O2/c1-23-8-2-6-20-16(22)15-10-12(5-7-19-15)21-14-9-11(17)3-4-13(14)18/h3-5,7,9-10H,2,6,8H2,1H3,(H,19,21)(H,20,22). The molecule has 1 aromatic heterocycles. The predicted octanol–water partition coefficient (Wildman–Crippen LogP) is 3.90. The van der Waals surface area contributed by atoms with Gasteiger partial charge in [-0.2, -0.15) is 0 Å². The first-order valence-electron chi connectivity index (χ1n) is 7.05. The van der Waals surface area contributed by atoms with E-state index in [9.17, 15) is 4.79 Å². The van der Waals surface area contributed by atoms with Crippen LogP contribution < -0.4 is 10.6 Å². The Hall–Kier alpha value is -1.82. The smallest absolute Gasteiger partial charge is 0.269 e. The van der Waals surface area contributed by atoms with Gasteiger partial charge in [0, 0.05) is 37.2 Å². The second-order valence-electron chi connectivity index (χ2n) is 4.78. The second-order valence-corrected chi connectivity index (χ2v) is 5.62. The fourth-order valence-corrected chi connectivity index (χ4v) is 2.23. The Labute approximate surface area is 145 Å². The van der Waals surface area contributed by atoms with Crippen LogP contribution >= 0.6 is 23.2 Å². The summed E-state index contributed by atoms with van der Waals surface area (Å²) in [6.07, 6.45) is 2.31. The molecule has 23 heavy (non-hydrogen) atoms. The highest BCUT2D eigenvalue weighted by Gasteiger charge is 2.08. The van der Waals surface area contributed by atoms with Crippen molar-refractivity contribution in [2.45, 2.75) is 6.42 Å². The van der Waals surface area contributed by atoms with Crippen LogP contribution in [0, 0.1) is 0 Å². The quantitative estimate of drug-likeness (QED) is 0.741. The maximum atomic E-state index is 12.0. The van der Waals surface area contributed by atoms with Crippen molar-refractivity contribution < 1.29 is 9.53 Å². The van der Waals surface area contributed by atoms with E-state index >= 15 is 0 Å². The molecule has 1 aromatic carbocycles. The summed E-state index contributed by atoms with van der Waals surface area (Å²) < 4.78 is 4.94. The van der Waals surface area contributed by atoms with Gasteiger partial charge in [0.15, 0.2) is 0 Å². The van der Waals surface area contributed by atoms with Crippen LogP contribution in [0.1, 0.15) is 16.9 Å². The number of rotatable bonds is 7. The molecule has 7 heteroatoms. The molecule has 0 aliphatic carbocycles. The molecule has 2 rings (SSSR count). The second kappa shape index (κ2) is 8.72. The van der Waals surface area contributed by atoms with Crippen molar-refractivity contribution in [3.05, 3.63) is 52.3 Å². The molecule has 122 valence electrons. The molecule has 0 atom stereocenters. The number of aromatic nitrogens is 1. The van der Waals surface area contributed by atoms with Gasteiger partial charge in [-0.05, 0) is 36.8 Å². The number of pyridine rings is 1. The van der Waals surface area contributed by atoms with Crippen LogP contribution in [0.4, 0.5) is 11.4 Å². The highest BCUT2D eigenvalue weighted by Crippen LogP contribution is 2.28. The van der Waals surface area contributed by atoms with Gasteiger partial charge in [-0.15, -0.1) is 0 Å². The summed E-state index contributed by atoms with van der Waals surface area (Å²) in [6.45, 7) is 1.13. The maximum Gasteiger partial charge on any atom is 0.269 e. The molecule has 0 spiro atoms. The van der Waals surface area contributed by atoms with E-state index in [1.54, 1.807) is 43.6 Å². The fraction of sp³-hybridized carbons (Fsp3) is 0.250. The molecule has 0 bridgehead atoms. The Kier molecular flexibility index (Phi) is 6.65. The summed E-state index contributed by atoms with van der Waals surface area (Å²) in [5, 5.41) is 7.03. The van der Waals surface area contributed by atoms with Crippen molar-refractivity contribution in [1.82, 2.24) is 10.3 Å². The van der Waals surface area contributed by atoms with Gasteiger partial charge in [-0.3, -0.25) is 9.78 Å². The Bertz CT molecular complexity index is 680. The molecule has 0 fully saturated rings. The summed E-state index contributed by atoms with van der Waals surface area (Å²) in [5.41, 5.74) is 1.69. The monoisotopic (exact) mass is 353 g/mol. The number of nitrogens with zero attached hydrogens (tertiary/aromatic N) is 1. The minimum Gasteiger partial charge on any atom is -0.385 e. The van der Waals surface area contributed by atoms with E-state index in [1.807, 2.05) is 0 Å². The number of nitrogens with one attached hydrogen (secondary N) is 2. The van der Waals surface area contributed by atoms with Gasteiger partial charge in [-0.25, -0.2) is 0 Å². The molecule has 1 amide bonds. The zero-order valence-electron chi connectivity index (χ0n) is 12.6. The van der Waals surface area contributed by atoms with Gasteiger partial charge in [0.25, 0.3) is 5.91 Å². The number of halogens is 2. The van der Waals surface area contributed by atoms with E-state index < -0.39 is 0 Å². The molecule has 2 aromatic rings. The number of amides is 1. The molecule has 2 N–H and O–H groups in total. The molecular formula is C16H17Cl2N3O2. The number of hydrogen-bond donors (Lipinski definition) is 2. The minimum absolute atomic E-state index is 0.234. The van der Waals surface area contributed by atoms with Gasteiger partial charge in [0.1, 0.15) is 5.69 Å². The van der Waals surface area contributed by atoms with Crippen molar-refractivity contribution in [1.29, 1.82) is 0 Å². The van der Waals surface area contributed by atoms with Crippen LogP contribution in [0.3, 0.4) is 0 Å². The third-order valence-corrected chi connectivity index (χ3v) is 3.58. The number of ether oxygens (including phenoxy) is 1. The number of hydrogen-bond acceptors (Lipinski definition) is 4. The summed E-state index contributed by atoms with van der Waals surface area (Å²) in [7, 11) is 1.62. The average molecular weight is 354 g/mol. The van der Waals surface area contributed by atoms with Gasteiger partial charge in [0.05, 0.1) is 10.7 Å². The van der Waals surface area contributed by atoms with Crippen LogP contribution in [-0.2, 0) is 4.74 Å². The molecular weight excluding hydrogens is 337 g/mol. The lowest BCUT2D eigenvalue weighted by molar-refractivity contribution is 0.0943. The largest absolute Gasteiger partial charge is 0.385 e. The molecule has 0 radical (unpaired) electrons. The molecule has 0 saturated heterocycles.